The molecule has 0 aliphatic carbocycles. The van der Waals surface area contributed by atoms with Crippen LogP contribution in [0.25, 0.3) is 0 Å². The van der Waals surface area contributed by atoms with E-state index in [4.69, 9.17) is 14.2 Å². The maximum absolute atomic E-state index is 12.4. The first-order valence-electron chi connectivity index (χ1n) is 8.13. The molecule has 1 saturated heterocycles. The van der Waals surface area contributed by atoms with Gasteiger partial charge in [-0.15, -0.1) is 11.8 Å². The predicted molar refractivity (Wildman–Crippen MR) is 95.1 cm³/mol. The second-order valence-electron chi connectivity index (χ2n) is 6.04. The van der Waals surface area contributed by atoms with Crippen molar-refractivity contribution in [3.63, 3.8) is 0 Å². The number of nitro groups is 1. The number of β-lactam (4-membered cyclic amide) rings is 1. The van der Waals surface area contributed by atoms with Gasteiger partial charge in [0.25, 0.3) is 5.69 Å². The van der Waals surface area contributed by atoms with E-state index >= 15 is 0 Å². The zero-order valence-electron chi connectivity index (χ0n) is 14.7. The second kappa shape index (κ2) is 8.07. The van der Waals surface area contributed by atoms with Crippen molar-refractivity contribution in [3.8, 4) is 0 Å². The second-order valence-corrected chi connectivity index (χ2v) is 7.03. The monoisotopic (exact) mass is 394 g/mol. The predicted octanol–water partition coefficient (Wildman–Crippen LogP) is 2.02. The third kappa shape index (κ3) is 3.82. The molecule has 2 aliphatic heterocycles. The summed E-state index contributed by atoms with van der Waals surface area (Å²) in [5.74, 6) is -1.14. The van der Waals surface area contributed by atoms with E-state index in [9.17, 15) is 19.7 Å². The quantitative estimate of drug-likeness (QED) is 0.217. The molecule has 0 N–H and O–H groups in total. The number of thioether (sulfide) groups is 1. The van der Waals surface area contributed by atoms with Crippen molar-refractivity contribution in [2.45, 2.75) is 25.0 Å². The largest absolute Gasteiger partial charge is 0.456 e. The molecule has 0 bridgehead atoms. The van der Waals surface area contributed by atoms with Gasteiger partial charge in [-0.3, -0.25) is 19.8 Å². The van der Waals surface area contributed by atoms with E-state index in [1.807, 2.05) is 0 Å². The van der Waals surface area contributed by atoms with E-state index in [0.717, 1.165) is 0 Å². The third-order valence-corrected chi connectivity index (χ3v) is 5.49. The van der Waals surface area contributed by atoms with E-state index in [-0.39, 0.29) is 48.1 Å². The normalized spacial score (nSPS) is 21.9. The van der Waals surface area contributed by atoms with Crippen LogP contribution in [0.5, 0.6) is 0 Å². The summed E-state index contributed by atoms with van der Waals surface area (Å²) < 4.78 is 15.5. The molecule has 0 saturated carbocycles. The van der Waals surface area contributed by atoms with Crippen molar-refractivity contribution in [1.29, 1.82) is 0 Å². The standard InChI is InChI=1S/C17H18N2O7S/c1-10(26-9-24-2)14-15(20)18-13(8-27-16(14)18)17(21)25-7-11-3-5-12(6-4-11)19(22)23/h3-6,8,10,14,16H,7,9H2,1-2H3/t10-,14+,16+/m1/s1. The Labute approximate surface area is 159 Å². The van der Waals surface area contributed by atoms with Crippen LogP contribution in [0.2, 0.25) is 0 Å². The highest BCUT2D eigenvalue weighted by Crippen LogP contribution is 2.46. The summed E-state index contributed by atoms with van der Waals surface area (Å²) >= 11 is 1.38. The number of rotatable bonds is 8. The van der Waals surface area contributed by atoms with E-state index < -0.39 is 10.9 Å². The van der Waals surface area contributed by atoms with Gasteiger partial charge < -0.3 is 14.2 Å². The number of benzene rings is 1. The van der Waals surface area contributed by atoms with Crippen LogP contribution in [-0.2, 0) is 30.4 Å². The van der Waals surface area contributed by atoms with Crippen LogP contribution in [0.15, 0.2) is 35.4 Å². The lowest BCUT2D eigenvalue weighted by atomic mass is 9.92. The fraction of sp³-hybridized carbons (Fsp3) is 0.412. The Morgan fingerprint density at radius 2 is 2.07 bits per heavy atom. The van der Waals surface area contributed by atoms with Gasteiger partial charge in [-0.1, -0.05) is 0 Å². The third-order valence-electron chi connectivity index (χ3n) is 4.34. The molecule has 0 unspecified atom stereocenters. The smallest absolute Gasteiger partial charge is 0.355 e. The molecule has 3 rings (SSSR count). The molecule has 0 radical (unpaired) electrons. The number of non-ortho nitro benzene ring substituents is 1. The van der Waals surface area contributed by atoms with Gasteiger partial charge in [-0.25, -0.2) is 4.79 Å². The van der Waals surface area contributed by atoms with Crippen LogP contribution in [-0.4, -0.2) is 47.1 Å². The molecular weight excluding hydrogens is 376 g/mol. The molecule has 0 aromatic heterocycles. The van der Waals surface area contributed by atoms with Crippen molar-refractivity contribution in [2.75, 3.05) is 13.9 Å². The molecule has 2 heterocycles. The highest BCUT2D eigenvalue weighted by Gasteiger charge is 2.56. The molecule has 144 valence electrons. The topological polar surface area (TPSA) is 108 Å². The van der Waals surface area contributed by atoms with Gasteiger partial charge in [0.15, 0.2) is 0 Å². The summed E-state index contributed by atoms with van der Waals surface area (Å²) in [6, 6.07) is 5.72. The Balaban J connectivity index is 1.55. The average Bonchev–Trinajstić information content (AvgIpc) is 3.04. The summed E-state index contributed by atoms with van der Waals surface area (Å²) in [6.45, 7) is 1.85. The molecule has 0 spiro atoms. The Bertz CT molecular complexity index is 780. The minimum Gasteiger partial charge on any atom is -0.456 e. The van der Waals surface area contributed by atoms with Crippen molar-refractivity contribution >= 4 is 29.3 Å². The summed E-state index contributed by atoms with van der Waals surface area (Å²) in [4.78, 5) is 36.3. The van der Waals surface area contributed by atoms with Crippen molar-refractivity contribution in [1.82, 2.24) is 4.90 Å². The van der Waals surface area contributed by atoms with Gasteiger partial charge in [0, 0.05) is 24.7 Å². The van der Waals surface area contributed by atoms with Crippen LogP contribution in [0.1, 0.15) is 12.5 Å². The van der Waals surface area contributed by atoms with Crippen LogP contribution in [0.4, 0.5) is 5.69 Å². The molecular formula is C17H18N2O7S. The number of methoxy groups -OCH3 is 1. The number of nitro benzene ring substituents is 1. The number of ether oxygens (including phenoxy) is 3. The van der Waals surface area contributed by atoms with Gasteiger partial charge in [-0.05, 0) is 24.6 Å². The molecule has 1 aromatic carbocycles. The number of carbonyl (C=O) groups is 2. The van der Waals surface area contributed by atoms with Gasteiger partial charge in [-0.2, -0.15) is 0 Å². The maximum atomic E-state index is 12.4. The SMILES string of the molecule is COCO[C@H](C)[C@H]1C(=O)N2C(C(=O)OCc3ccc([N+](=O)[O-])cc3)=CS[C@@H]12. The minimum absolute atomic E-state index is 0.0372. The minimum atomic E-state index is -0.611. The first-order chi connectivity index (χ1) is 12.9. The number of esters is 1. The van der Waals surface area contributed by atoms with Crippen molar-refractivity contribution in [3.05, 3.63) is 51.0 Å². The number of hydrogen-bond donors (Lipinski definition) is 0. The summed E-state index contributed by atoms with van der Waals surface area (Å²) in [5, 5.41) is 12.1. The average molecular weight is 394 g/mol. The molecule has 1 fully saturated rings. The number of carbonyl (C=O) groups excluding carboxylic acids is 2. The van der Waals surface area contributed by atoms with E-state index in [0.29, 0.717) is 5.56 Å². The van der Waals surface area contributed by atoms with Crippen LogP contribution in [0, 0.1) is 16.0 Å². The Morgan fingerprint density at radius 3 is 2.70 bits per heavy atom. The van der Waals surface area contributed by atoms with Crippen molar-refractivity contribution in [2.24, 2.45) is 5.92 Å². The van der Waals surface area contributed by atoms with Crippen LogP contribution >= 0.6 is 11.8 Å². The molecule has 9 nitrogen and oxygen atoms in total. The lowest BCUT2D eigenvalue weighted by Crippen LogP contribution is -2.61. The van der Waals surface area contributed by atoms with E-state index in [1.165, 1.54) is 48.0 Å². The van der Waals surface area contributed by atoms with Crippen molar-refractivity contribution < 1.29 is 28.7 Å². The van der Waals surface area contributed by atoms with Crippen LogP contribution in [0.3, 0.4) is 0 Å². The first kappa shape index (κ1) is 19.3. The summed E-state index contributed by atoms with van der Waals surface area (Å²) in [7, 11) is 1.51. The molecule has 2 aliphatic rings. The lowest BCUT2D eigenvalue weighted by Gasteiger charge is -2.44. The number of amides is 1. The fourth-order valence-electron chi connectivity index (χ4n) is 2.87. The van der Waals surface area contributed by atoms with Gasteiger partial charge in [0.05, 0.1) is 16.9 Å². The first-order valence-corrected chi connectivity index (χ1v) is 9.08. The highest BCUT2D eigenvalue weighted by molar-refractivity contribution is 8.03. The zero-order chi connectivity index (χ0) is 19.6. The van der Waals surface area contributed by atoms with Gasteiger partial charge >= 0.3 is 5.97 Å². The Morgan fingerprint density at radius 1 is 1.37 bits per heavy atom. The maximum Gasteiger partial charge on any atom is 0.355 e. The number of nitrogens with zero attached hydrogens (tertiary/aromatic N) is 2. The molecule has 10 heteroatoms. The van der Waals surface area contributed by atoms with E-state index in [1.54, 1.807) is 12.3 Å². The molecule has 27 heavy (non-hydrogen) atoms. The Hall–Kier alpha value is -2.43. The Kier molecular flexibility index (Phi) is 5.78. The van der Waals surface area contributed by atoms with Gasteiger partial charge in [0.1, 0.15) is 24.5 Å². The fourth-order valence-corrected chi connectivity index (χ4v) is 4.20. The zero-order valence-corrected chi connectivity index (χ0v) is 15.5. The number of fused-ring (bicyclic) bond motifs is 1. The van der Waals surface area contributed by atoms with Crippen LogP contribution < -0.4 is 0 Å². The van der Waals surface area contributed by atoms with Gasteiger partial charge in [0.2, 0.25) is 5.91 Å². The molecule has 3 atom stereocenters. The summed E-state index contributed by atoms with van der Waals surface area (Å²) in [6.07, 6.45) is -0.324. The molecule has 1 amide bonds. The number of hydrogen-bond acceptors (Lipinski definition) is 8. The molecule has 1 aromatic rings. The highest BCUT2D eigenvalue weighted by atomic mass is 32.2. The lowest BCUT2D eigenvalue weighted by molar-refractivity contribution is -0.384. The summed E-state index contributed by atoms with van der Waals surface area (Å²) in [5.41, 5.74) is 0.781. The van der Waals surface area contributed by atoms with E-state index in [2.05, 4.69) is 0 Å².